The van der Waals surface area contributed by atoms with Gasteiger partial charge in [0.05, 0.1) is 13.2 Å². The van der Waals surface area contributed by atoms with Gasteiger partial charge in [0.25, 0.3) is 5.56 Å². The van der Waals surface area contributed by atoms with Crippen molar-refractivity contribution in [3.05, 3.63) is 58.1 Å². The van der Waals surface area contributed by atoms with Crippen LogP contribution in [-0.2, 0) is 11.2 Å². The number of anilines is 2. The van der Waals surface area contributed by atoms with Crippen LogP contribution < -0.4 is 15.4 Å². The maximum Gasteiger partial charge on any atom is 0.251 e. The Morgan fingerprint density at radius 3 is 2.66 bits per heavy atom. The molecule has 0 aliphatic carbocycles. The molecule has 1 N–H and O–H groups in total. The summed E-state index contributed by atoms with van der Waals surface area (Å²) in [6, 6.07) is 10.9. The van der Waals surface area contributed by atoms with E-state index in [4.69, 9.17) is 4.74 Å². The molecule has 4 rings (SSSR count). The van der Waals surface area contributed by atoms with Crippen molar-refractivity contribution in [1.29, 1.82) is 0 Å². The maximum absolute atomic E-state index is 13.3. The van der Waals surface area contributed by atoms with Crippen LogP contribution >= 0.6 is 0 Å². The van der Waals surface area contributed by atoms with Crippen molar-refractivity contribution in [3.8, 4) is 0 Å². The topological polar surface area (TPSA) is 48.6 Å². The Hall–Kier alpha value is -2.34. The van der Waals surface area contributed by atoms with E-state index < -0.39 is 0 Å². The standard InChI is InChI=1S/C23H30FN3O2/c1-17-3-2-8-27(21(13-17)14-18-4-6-19(24)7-5-18)22-15-20(16-23(28)25-22)26-9-11-29-12-10-26/h4-7,15-17,21H,2-3,8-14H2,1H3,(H,25,28)/t17-,21+/m0/s1. The fourth-order valence-electron chi connectivity index (χ4n) is 4.58. The number of morpholine rings is 1. The van der Waals surface area contributed by atoms with Gasteiger partial charge in [0.1, 0.15) is 11.6 Å². The van der Waals surface area contributed by atoms with E-state index in [9.17, 15) is 9.18 Å². The quantitative estimate of drug-likeness (QED) is 0.854. The molecular formula is C23H30FN3O2. The Morgan fingerprint density at radius 1 is 1.14 bits per heavy atom. The summed E-state index contributed by atoms with van der Waals surface area (Å²) in [4.78, 5) is 20.1. The molecule has 1 aromatic carbocycles. The number of hydrogen-bond acceptors (Lipinski definition) is 4. The molecule has 1 aromatic heterocycles. The smallest absolute Gasteiger partial charge is 0.251 e. The van der Waals surface area contributed by atoms with Crippen LogP contribution in [0, 0.1) is 11.7 Å². The zero-order valence-electron chi connectivity index (χ0n) is 17.1. The highest BCUT2D eigenvalue weighted by Crippen LogP contribution is 2.29. The van der Waals surface area contributed by atoms with Crippen LogP contribution in [0.25, 0.3) is 0 Å². The third-order valence-corrected chi connectivity index (χ3v) is 6.10. The summed E-state index contributed by atoms with van der Waals surface area (Å²) in [6.45, 7) is 6.21. The summed E-state index contributed by atoms with van der Waals surface area (Å²) in [6.07, 6.45) is 4.18. The van der Waals surface area contributed by atoms with E-state index in [0.29, 0.717) is 19.1 Å². The molecule has 2 fully saturated rings. The molecule has 2 aliphatic rings. The number of nitrogens with zero attached hydrogens (tertiary/aromatic N) is 2. The van der Waals surface area contributed by atoms with Gasteiger partial charge in [-0.25, -0.2) is 4.39 Å². The Labute approximate surface area is 171 Å². The van der Waals surface area contributed by atoms with Gasteiger partial charge < -0.3 is 19.5 Å². The molecule has 2 aromatic rings. The number of aromatic amines is 1. The number of benzene rings is 1. The monoisotopic (exact) mass is 399 g/mol. The Balaban J connectivity index is 1.63. The molecule has 0 bridgehead atoms. The molecule has 6 heteroatoms. The molecule has 2 aliphatic heterocycles. The number of rotatable bonds is 4. The summed E-state index contributed by atoms with van der Waals surface area (Å²) in [5, 5.41) is 0. The van der Waals surface area contributed by atoms with Gasteiger partial charge in [0.15, 0.2) is 0 Å². The largest absolute Gasteiger partial charge is 0.378 e. The Bertz CT molecular complexity index is 861. The molecule has 29 heavy (non-hydrogen) atoms. The SMILES string of the molecule is C[C@H]1CCCN(c2cc(N3CCOCC3)cc(=O)[nH]2)[C@@H](Cc2ccc(F)cc2)C1. The minimum atomic E-state index is -0.206. The van der Waals surface area contributed by atoms with Crippen molar-refractivity contribution in [2.45, 2.75) is 38.6 Å². The molecule has 5 nitrogen and oxygen atoms in total. The van der Waals surface area contributed by atoms with Crippen molar-refractivity contribution in [2.75, 3.05) is 42.6 Å². The first-order valence-electron chi connectivity index (χ1n) is 10.7. The molecule has 2 saturated heterocycles. The predicted molar refractivity (Wildman–Crippen MR) is 114 cm³/mol. The van der Waals surface area contributed by atoms with Gasteiger partial charge >= 0.3 is 0 Å². The van der Waals surface area contributed by atoms with Gasteiger partial charge in [-0.2, -0.15) is 0 Å². The first kappa shape index (κ1) is 20.0. The highest BCUT2D eigenvalue weighted by Gasteiger charge is 2.26. The van der Waals surface area contributed by atoms with Crippen molar-refractivity contribution >= 4 is 11.5 Å². The number of aromatic nitrogens is 1. The third-order valence-electron chi connectivity index (χ3n) is 6.10. The van der Waals surface area contributed by atoms with Crippen LogP contribution in [0.1, 0.15) is 31.7 Å². The number of hydrogen-bond donors (Lipinski definition) is 1. The van der Waals surface area contributed by atoms with E-state index in [1.165, 1.54) is 18.6 Å². The second-order valence-corrected chi connectivity index (χ2v) is 8.35. The van der Waals surface area contributed by atoms with Gasteiger partial charge in [-0.3, -0.25) is 4.79 Å². The van der Waals surface area contributed by atoms with Gasteiger partial charge in [-0.1, -0.05) is 19.1 Å². The summed E-state index contributed by atoms with van der Waals surface area (Å²) < 4.78 is 18.8. The van der Waals surface area contributed by atoms with Crippen LogP contribution in [0.5, 0.6) is 0 Å². The van der Waals surface area contributed by atoms with Crippen molar-refractivity contribution in [2.24, 2.45) is 5.92 Å². The lowest BCUT2D eigenvalue weighted by molar-refractivity contribution is 0.122. The molecule has 2 atom stereocenters. The van der Waals surface area contributed by atoms with Gasteiger partial charge in [-0.15, -0.1) is 0 Å². The van der Waals surface area contributed by atoms with Crippen LogP contribution in [0.4, 0.5) is 15.9 Å². The lowest BCUT2D eigenvalue weighted by atomic mass is 9.94. The van der Waals surface area contributed by atoms with Crippen LogP contribution in [0.2, 0.25) is 0 Å². The van der Waals surface area contributed by atoms with Crippen LogP contribution in [0.3, 0.4) is 0 Å². The van der Waals surface area contributed by atoms with Gasteiger partial charge in [0.2, 0.25) is 0 Å². The van der Waals surface area contributed by atoms with E-state index in [1.807, 2.05) is 12.1 Å². The first-order valence-corrected chi connectivity index (χ1v) is 10.7. The lowest BCUT2D eigenvalue weighted by Crippen LogP contribution is -2.40. The lowest BCUT2D eigenvalue weighted by Gasteiger charge is -2.34. The van der Waals surface area contributed by atoms with E-state index >= 15 is 0 Å². The summed E-state index contributed by atoms with van der Waals surface area (Å²) in [5.41, 5.74) is 2.02. The number of pyridine rings is 1. The van der Waals surface area contributed by atoms with E-state index in [-0.39, 0.29) is 17.4 Å². The highest BCUT2D eigenvalue weighted by atomic mass is 19.1. The zero-order chi connectivity index (χ0) is 20.2. The molecule has 0 amide bonds. The molecule has 0 spiro atoms. The third kappa shape index (κ3) is 4.99. The molecule has 0 saturated carbocycles. The summed E-state index contributed by atoms with van der Waals surface area (Å²) in [7, 11) is 0. The van der Waals surface area contributed by atoms with E-state index in [0.717, 1.165) is 56.0 Å². The summed E-state index contributed by atoms with van der Waals surface area (Å²) in [5.74, 6) is 1.31. The zero-order valence-corrected chi connectivity index (χ0v) is 17.1. The maximum atomic E-state index is 13.3. The highest BCUT2D eigenvalue weighted by molar-refractivity contribution is 5.56. The molecule has 156 valence electrons. The number of nitrogens with one attached hydrogen (secondary N) is 1. The fourth-order valence-corrected chi connectivity index (χ4v) is 4.58. The Kier molecular flexibility index (Phi) is 6.19. The van der Waals surface area contributed by atoms with Crippen LogP contribution in [0.15, 0.2) is 41.2 Å². The number of ether oxygens (including phenoxy) is 1. The van der Waals surface area contributed by atoms with Crippen LogP contribution in [-0.4, -0.2) is 43.9 Å². The average Bonchev–Trinajstić information content (AvgIpc) is 2.91. The number of halogens is 1. The minimum Gasteiger partial charge on any atom is -0.378 e. The average molecular weight is 400 g/mol. The van der Waals surface area contributed by atoms with Gasteiger partial charge in [0, 0.05) is 43.5 Å². The minimum absolute atomic E-state index is 0.0678. The molecule has 0 unspecified atom stereocenters. The van der Waals surface area contributed by atoms with Crippen molar-refractivity contribution in [1.82, 2.24) is 4.98 Å². The van der Waals surface area contributed by atoms with Crippen molar-refractivity contribution in [3.63, 3.8) is 0 Å². The fraction of sp³-hybridized carbons (Fsp3) is 0.522. The second kappa shape index (κ2) is 8.99. The normalized spacial score (nSPS) is 23.1. The van der Waals surface area contributed by atoms with Gasteiger partial charge in [-0.05, 0) is 49.3 Å². The number of H-pyrrole nitrogens is 1. The molecule has 3 heterocycles. The first-order chi connectivity index (χ1) is 14.1. The summed E-state index contributed by atoms with van der Waals surface area (Å²) >= 11 is 0. The van der Waals surface area contributed by atoms with E-state index in [1.54, 1.807) is 6.07 Å². The van der Waals surface area contributed by atoms with E-state index in [2.05, 4.69) is 27.8 Å². The molecule has 0 radical (unpaired) electrons. The van der Waals surface area contributed by atoms with Crippen molar-refractivity contribution < 1.29 is 9.13 Å². The Morgan fingerprint density at radius 2 is 1.90 bits per heavy atom. The second-order valence-electron chi connectivity index (χ2n) is 8.35. The molecular weight excluding hydrogens is 369 g/mol. The predicted octanol–water partition coefficient (Wildman–Crippen LogP) is 3.59.